The van der Waals surface area contributed by atoms with Crippen molar-refractivity contribution >= 4 is 11.6 Å². The van der Waals surface area contributed by atoms with Crippen molar-refractivity contribution in [2.75, 3.05) is 31.6 Å². The fourth-order valence-corrected chi connectivity index (χ4v) is 2.51. The first-order valence-corrected chi connectivity index (χ1v) is 7.14. The number of hydrogen-bond acceptors (Lipinski definition) is 3. The summed E-state index contributed by atoms with van der Waals surface area (Å²) >= 11 is 0. The van der Waals surface area contributed by atoms with Crippen LogP contribution in [0.25, 0.3) is 0 Å². The monoisotopic (exact) mass is 277 g/mol. The van der Waals surface area contributed by atoms with E-state index in [-0.39, 0.29) is 11.7 Å². The molecule has 1 saturated heterocycles. The molecule has 1 heterocycles. The van der Waals surface area contributed by atoms with Crippen molar-refractivity contribution in [1.82, 2.24) is 10.2 Å². The molecule has 108 valence electrons. The summed E-state index contributed by atoms with van der Waals surface area (Å²) in [5, 5.41) is 3.41. The normalized spacial score (nSPS) is 19.6. The van der Waals surface area contributed by atoms with Gasteiger partial charge in [-0.15, -0.1) is 0 Å². The van der Waals surface area contributed by atoms with E-state index >= 15 is 0 Å². The second kappa shape index (κ2) is 5.40. The molecular formula is C15H20FN3O. The van der Waals surface area contributed by atoms with Gasteiger partial charge < -0.3 is 15.1 Å². The molecule has 4 nitrogen and oxygen atoms in total. The lowest BCUT2D eigenvalue weighted by molar-refractivity contribution is -0.129. The molecule has 1 saturated carbocycles. The van der Waals surface area contributed by atoms with Gasteiger partial charge in [0.15, 0.2) is 0 Å². The predicted molar refractivity (Wildman–Crippen MR) is 76.1 cm³/mol. The molecule has 0 bridgehead atoms. The Morgan fingerprint density at radius 1 is 1.35 bits per heavy atom. The van der Waals surface area contributed by atoms with Gasteiger partial charge in [0, 0.05) is 38.4 Å². The van der Waals surface area contributed by atoms with Crippen LogP contribution in [0.4, 0.5) is 10.1 Å². The Hall–Kier alpha value is -1.62. The Bertz CT molecular complexity index is 516. The van der Waals surface area contributed by atoms with E-state index in [1.165, 1.54) is 18.9 Å². The van der Waals surface area contributed by atoms with E-state index in [0.717, 1.165) is 17.8 Å². The number of piperazine rings is 1. The summed E-state index contributed by atoms with van der Waals surface area (Å²) in [5.74, 6) is -0.108. The largest absolute Gasteiger partial charge is 0.360 e. The van der Waals surface area contributed by atoms with Gasteiger partial charge in [0.1, 0.15) is 5.82 Å². The summed E-state index contributed by atoms with van der Waals surface area (Å²) in [5.41, 5.74) is 1.91. The van der Waals surface area contributed by atoms with Crippen LogP contribution in [0.5, 0.6) is 0 Å². The van der Waals surface area contributed by atoms with Crippen LogP contribution in [0.3, 0.4) is 0 Å². The minimum Gasteiger partial charge on any atom is -0.360 e. The maximum absolute atomic E-state index is 13.5. The van der Waals surface area contributed by atoms with Gasteiger partial charge in [0.25, 0.3) is 0 Å². The number of hydrogen-bond donors (Lipinski definition) is 1. The average Bonchev–Trinajstić information content (AvgIpc) is 3.24. The van der Waals surface area contributed by atoms with E-state index in [1.807, 2.05) is 11.9 Å². The highest BCUT2D eigenvalue weighted by Crippen LogP contribution is 2.25. The molecule has 1 aromatic carbocycles. The van der Waals surface area contributed by atoms with Gasteiger partial charge in [-0.05, 0) is 36.6 Å². The topological polar surface area (TPSA) is 35.6 Å². The Morgan fingerprint density at radius 2 is 2.15 bits per heavy atom. The van der Waals surface area contributed by atoms with Crippen LogP contribution in [0.2, 0.25) is 0 Å². The number of halogens is 1. The Labute approximate surface area is 118 Å². The summed E-state index contributed by atoms with van der Waals surface area (Å²) in [4.78, 5) is 15.6. The molecule has 1 aromatic rings. The lowest BCUT2D eigenvalue weighted by Crippen LogP contribution is -2.49. The molecule has 0 radical (unpaired) electrons. The zero-order chi connectivity index (χ0) is 14.1. The second-order valence-corrected chi connectivity index (χ2v) is 5.67. The standard InChI is InChI=1S/C15H20FN3O/c1-18-6-7-19(10-15(18)20)14-5-2-12(16)8-11(14)9-17-13-3-4-13/h2,5,8,13,17H,3-4,6-7,9-10H2,1H3. The summed E-state index contributed by atoms with van der Waals surface area (Å²) in [7, 11) is 1.82. The van der Waals surface area contributed by atoms with E-state index < -0.39 is 0 Å². The first-order valence-electron chi connectivity index (χ1n) is 7.14. The maximum atomic E-state index is 13.5. The number of benzene rings is 1. The first-order chi connectivity index (χ1) is 9.63. The van der Waals surface area contributed by atoms with Crippen molar-refractivity contribution in [1.29, 1.82) is 0 Å². The highest BCUT2D eigenvalue weighted by atomic mass is 19.1. The van der Waals surface area contributed by atoms with Crippen LogP contribution in [0.1, 0.15) is 18.4 Å². The van der Waals surface area contributed by atoms with Gasteiger partial charge in [-0.1, -0.05) is 0 Å². The van der Waals surface area contributed by atoms with Gasteiger partial charge in [-0.2, -0.15) is 0 Å². The van der Waals surface area contributed by atoms with Crippen LogP contribution in [-0.2, 0) is 11.3 Å². The Morgan fingerprint density at radius 3 is 2.85 bits per heavy atom. The van der Waals surface area contributed by atoms with E-state index in [4.69, 9.17) is 0 Å². The first kappa shape index (κ1) is 13.4. The zero-order valence-electron chi connectivity index (χ0n) is 11.7. The predicted octanol–water partition coefficient (Wildman–Crippen LogP) is 1.36. The molecule has 1 amide bonds. The number of rotatable bonds is 4. The minimum absolute atomic E-state index is 0.113. The number of likely N-dealkylation sites (N-methyl/N-ethyl adjacent to an activating group) is 1. The quantitative estimate of drug-likeness (QED) is 0.902. The molecule has 1 N–H and O–H groups in total. The van der Waals surface area contributed by atoms with Gasteiger partial charge in [0.05, 0.1) is 6.54 Å². The lowest BCUT2D eigenvalue weighted by Gasteiger charge is -2.34. The molecular weight excluding hydrogens is 257 g/mol. The maximum Gasteiger partial charge on any atom is 0.241 e. The van der Waals surface area contributed by atoms with Gasteiger partial charge >= 0.3 is 0 Å². The number of carbonyl (C=O) groups excluding carboxylic acids is 1. The van der Waals surface area contributed by atoms with Crippen molar-refractivity contribution in [3.63, 3.8) is 0 Å². The summed E-state index contributed by atoms with van der Waals surface area (Å²) in [6, 6.07) is 5.42. The van der Waals surface area contributed by atoms with Crippen LogP contribution < -0.4 is 10.2 Å². The third-order valence-corrected chi connectivity index (χ3v) is 4.00. The van der Waals surface area contributed by atoms with Crippen molar-refractivity contribution < 1.29 is 9.18 Å². The number of carbonyl (C=O) groups is 1. The molecule has 0 atom stereocenters. The molecule has 3 rings (SSSR count). The highest BCUT2D eigenvalue weighted by molar-refractivity contribution is 5.83. The van der Waals surface area contributed by atoms with Gasteiger partial charge in [0.2, 0.25) is 5.91 Å². The molecule has 1 aliphatic carbocycles. The summed E-state index contributed by atoms with van der Waals surface area (Å²) in [6.07, 6.45) is 2.41. The highest BCUT2D eigenvalue weighted by Gasteiger charge is 2.24. The third-order valence-electron chi connectivity index (χ3n) is 4.00. The summed E-state index contributed by atoms with van der Waals surface area (Å²) in [6.45, 7) is 2.55. The molecule has 0 aromatic heterocycles. The average molecular weight is 277 g/mol. The number of nitrogens with one attached hydrogen (secondary N) is 1. The second-order valence-electron chi connectivity index (χ2n) is 5.67. The van der Waals surface area contributed by atoms with Crippen LogP contribution in [-0.4, -0.2) is 43.5 Å². The number of amides is 1. The Balaban J connectivity index is 1.78. The molecule has 2 aliphatic rings. The van der Waals surface area contributed by atoms with Crippen molar-refractivity contribution in [3.05, 3.63) is 29.6 Å². The Kier molecular flexibility index (Phi) is 3.61. The van der Waals surface area contributed by atoms with E-state index in [1.54, 1.807) is 17.0 Å². The van der Waals surface area contributed by atoms with Gasteiger partial charge in [-0.25, -0.2) is 4.39 Å². The number of anilines is 1. The lowest BCUT2D eigenvalue weighted by atomic mass is 10.1. The number of nitrogens with zero attached hydrogens (tertiary/aromatic N) is 2. The van der Waals surface area contributed by atoms with Gasteiger partial charge in [-0.3, -0.25) is 4.79 Å². The molecule has 20 heavy (non-hydrogen) atoms. The van der Waals surface area contributed by atoms with Crippen molar-refractivity contribution in [3.8, 4) is 0 Å². The van der Waals surface area contributed by atoms with E-state index in [0.29, 0.717) is 25.7 Å². The molecule has 1 aliphatic heterocycles. The molecule has 2 fully saturated rings. The zero-order valence-corrected chi connectivity index (χ0v) is 11.7. The minimum atomic E-state index is -0.221. The van der Waals surface area contributed by atoms with Crippen molar-refractivity contribution in [2.24, 2.45) is 0 Å². The van der Waals surface area contributed by atoms with Crippen LogP contribution in [0.15, 0.2) is 18.2 Å². The molecule has 0 spiro atoms. The van der Waals surface area contributed by atoms with Crippen LogP contribution >= 0.6 is 0 Å². The van der Waals surface area contributed by atoms with E-state index in [2.05, 4.69) is 5.32 Å². The molecule has 0 unspecified atom stereocenters. The fraction of sp³-hybridized carbons (Fsp3) is 0.533. The van der Waals surface area contributed by atoms with E-state index in [9.17, 15) is 9.18 Å². The SMILES string of the molecule is CN1CCN(c2ccc(F)cc2CNC2CC2)CC1=O. The fourth-order valence-electron chi connectivity index (χ4n) is 2.51. The van der Waals surface area contributed by atoms with Crippen LogP contribution in [0, 0.1) is 5.82 Å². The smallest absolute Gasteiger partial charge is 0.241 e. The third kappa shape index (κ3) is 2.93. The van der Waals surface area contributed by atoms with Crippen molar-refractivity contribution in [2.45, 2.75) is 25.4 Å². The molecule has 5 heteroatoms. The summed E-state index contributed by atoms with van der Waals surface area (Å²) < 4.78 is 13.5.